The number of amides is 1. The van der Waals surface area contributed by atoms with Crippen LogP contribution in [0.4, 0.5) is 5.69 Å². The number of benzene rings is 1. The van der Waals surface area contributed by atoms with Gasteiger partial charge in [0, 0.05) is 18.7 Å². The fourth-order valence-electron chi connectivity index (χ4n) is 4.61. The summed E-state index contributed by atoms with van der Waals surface area (Å²) in [5.74, 6) is -0.168. The Morgan fingerprint density at radius 2 is 1.79 bits per heavy atom. The maximum Gasteiger partial charge on any atom is 0.345 e. The Morgan fingerprint density at radius 1 is 1.10 bits per heavy atom. The second-order valence-electron chi connectivity index (χ2n) is 7.69. The molecular formula is C20H24N2O7. The highest BCUT2D eigenvalue weighted by atomic mass is 16.6. The Bertz CT molecular complexity index is 823. The minimum atomic E-state index is -0.917. The van der Waals surface area contributed by atoms with Gasteiger partial charge in [0.05, 0.1) is 11.0 Å². The van der Waals surface area contributed by atoms with Gasteiger partial charge in [0.1, 0.15) is 18.8 Å². The van der Waals surface area contributed by atoms with Crippen molar-refractivity contribution in [2.45, 2.75) is 44.6 Å². The number of carbonyl (C=O) groups excluding carboxylic acids is 2. The first kappa shape index (κ1) is 19.5. The van der Waals surface area contributed by atoms with Crippen molar-refractivity contribution in [3.05, 3.63) is 27.8 Å². The number of nitro benzene ring substituents is 1. The Kier molecular flexibility index (Phi) is 5.55. The van der Waals surface area contributed by atoms with Gasteiger partial charge in [-0.05, 0) is 31.6 Å². The summed E-state index contributed by atoms with van der Waals surface area (Å²) in [6, 6.07) is 2.62. The number of rotatable bonds is 4. The summed E-state index contributed by atoms with van der Waals surface area (Å²) in [5.41, 5.74) is -0.682. The normalized spacial score (nSPS) is 23.1. The van der Waals surface area contributed by atoms with Crippen LogP contribution in [0.2, 0.25) is 0 Å². The molecule has 156 valence electrons. The van der Waals surface area contributed by atoms with E-state index in [9.17, 15) is 19.7 Å². The maximum atomic E-state index is 12.7. The van der Waals surface area contributed by atoms with Gasteiger partial charge in [0.2, 0.25) is 0 Å². The molecule has 1 aromatic rings. The van der Waals surface area contributed by atoms with Crippen LogP contribution in [0.5, 0.6) is 11.5 Å². The topological polar surface area (TPSA) is 108 Å². The summed E-state index contributed by atoms with van der Waals surface area (Å²) in [6.07, 6.45) is 6.52. The molecule has 1 amide bonds. The molecule has 2 heterocycles. The molecule has 2 aliphatic heterocycles. The van der Waals surface area contributed by atoms with Crippen LogP contribution in [0.15, 0.2) is 12.1 Å². The van der Waals surface area contributed by atoms with Crippen LogP contribution in [0.3, 0.4) is 0 Å². The fraction of sp³-hybridized carbons (Fsp3) is 0.600. The zero-order chi connectivity index (χ0) is 20.4. The van der Waals surface area contributed by atoms with Crippen molar-refractivity contribution in [1.82, 2.24) is 4.90 Å². The van der Waals surface area contributed by atoms with Gasteiger partial charge >= 0.3 is 5.97 Å². The van der Waals surface area contributed by atoms with Gasteiger partial charge in [0.25, 0.3) is 11.6 Å². The van der Waals surface area contributed by atoms with Crippen LogP contribution >= 0.6 is 0 Å². The second-order valence-corrected chi connectivity index (χ2v) is 7.69. The smallest absolute Gasteiger partial charge is 0.345 e. The fourth-order valence-corrected chi connectivity index (χ4v) is 4.61. The van der Waals surface area contributed by atoms with E-state index >= 15 is 0 Å². The molecule has 0 aromatic heterocycles. The number of fused-ring (bicyclic) bond motifs is 2. The van der Waals surface area contributed by atoms with Crippen LogP contribution < -0.4 is 9.47 Å². The summed E-state index contributed by atoms with van der Waals surface area (Å²) in [6.45, 7) is 0.811. The number of esters is 1. The largest absolute Gasteiger partial charge is 0.486 e. The highest BCUT2D eigenvalue weighted by molar-refractivity contribution is 5.96. The number of nitro groups is 1. The summed E-state index contributed by atoms with van der Waals surface area (Å²) < 4.78 is 15.9. The Balaban J connectivity index is 1.45. The molecule has 0 unspecified atom stereocenters. The van der Waals surface area contributed by atoms with Crippen molar-refractivity contribution in [2.75, 3.05) is 26.4 Å². The second kappa shape index (κ2) is 8.26. The summed E-state index contributed by atoms with van der Waals surface area (Å²) in [4.78, 5) is 37.8. The van der Waals surface area contributed by atoms with Crippen LogP contribution in [-0.2, 0) is 9.53 Å². The number of carbonyl (C=O) groups is 2. The van der Waals surface area contributed by atoms with Gasteiger partial charge in [-0.3, -0.25) is 14.9 Å². The predicted octanol–water partition coefficient (Wildman–Crippen LogP) is 2.70. The minimum Gasteiger partial charge on any atom is -0.486 e. The number of hydrogen-bond donors (Lipinski definition) is 0. The molecule has 29 heavy (non-hydrogen) atoms. The highest BCUT2D eigenvalue weighted by Gasteiger charge is 2.36. The molecule has 0 radical (unpaired) electrons. The van der Waals surface area contributed by atoms with Crippen LogP contribution in [-0.4, -0.2) is 54.1 Å². The average molecular weight is 404 g/mol. The molecule has 1 aliphatic carbocycles. The zero-order valence-electron chi connectivity index (χ0n) is 16.1. The maximum absolute atomic E-state index is 12.7. The van der Waals surface area contributed by atoms with Gasteiger partial charge < -0.3 is 19.1 Å². The zero-order valence-corrected chi connectivity index (χ0v) is 16.1. The molecular weight excluding hydrogens is 380 g/mol. The minimum absolute atomic E-state index is 0.215. The van der Waals surface area contributed by atoms with Crippen molar-refractivity contribution in [1.29, 1.82) is 0 Å². The predicted molar refractivity (Wildman–Crippen MR) is 101 cm³/mol. The average Bonchev–Trinajstić information content (AvgIpc) is 2.75. The SMILES string of the molecule is O=C(OCC(=O)N1CCC[C@@H]2CCCC[C@H]21)c1cc2c(cc1[N+](=O)[O-])OCCO2. The molecule has 0 bridgehead atoms. The monoisotopic (exact) mass is 404 g/mol. The molecule has 1 aromatic carbocycles. The molecule has 4 rings (SSSR count). The Labute approximate surface area is 168 Å². The quantitative estimate of drug-likeness (QED) is 0.431. The Hall–Kier alpha value is -2.84. The third-order valence-electron chi connectivity index (χ3n) is 5.97. The number of piperidine rings is 1. The van der Waals surface area contributed by atoms with Gasteiger partial charge in [-0.15, -0.1) is 0 Å². The first-order valence-electron chi connectivity index (χ1n) is 10.1. The standard InChI is InChI=1S/C20H24N2O7/c23-19(21-7-3-5-13-4-1-2-6-15(13)21)12-29-20(24)14-10-17-18(28-9-8-27-17)11-16(14)22(25)26/h10-11,13,15H,1-9,12H2/t13-,15+/m0/s1. The molecule has 2 fully saturated rings. The molecule has 1 saturated heterocycles. The number of nitrogens with zero attached hydrogens (tertiary/aromatic N) is 2. The molecule has 0 N–H and O–H groups in total. The van der Waals surface area contributed by atoms with Crippen molar-refractivity contribution in [2.24, 2.45) is 5.92 Å². The van der Waals surface area contributed by atoms with E-state index in [0.717, 1.165) is 38.2 Å². The lowest BCUT2D eigenvalue weighted by Gasteiger charge is -2.44. The number of ether oxygens (including phenoxy) is 3. The molecule has 9 nitrogen and oxygen atoms in total. The van der Waals surface area contributed by atoms with Gasteiger partial charge in [0.15, 0.2) is 18.1 Å². The van der Waals surface area contributed by atoms with E-state index in [1.54, 1.807) is 0 Å². The van der Waals surface area contributed by atoms with Crippen molar-refractivity contribution in [3.63, 3.8) is 0 Å². The third-order valence-corrected chi connectivity index (χ3v) is 5.97. The third kappa shape index (κ3) is 3.99. The first-order chi connectivity index (χ1) is 14.0. The Morgan fingerprint density at radius 3 is 2.55 bits per heavy atom. The van der Waals surface area contributed by atoms with Crippen molar-refractivity contribution < 1.29 is 28.7 Å². The van der Waals surface area contributed by atoms with E-state index in [2.05, 4.69) is 0 Å². The van der Waals surface area contributed by atoms with E-state index in [1.165, 1.54) is 12.5 Å². The highest BCUT2D eigenvalue weighted by Crippen LogP contribution is 2.37. The summed E-state index contributed by atoms with van der Waals surface area (Å²) in [7, 11) is 0. The van der Waals surface area contributed by atoms with Crippen LogP contribution in [0.1, 0.15) is 48.9 Å². The molecule has 9 heteroatoms. The first-order valence-corrected chi connectivity index (χ1v) is 10.1. The lowest BCUT2D eigenvalue weighted by Crippen LogP contribution is -2.50. The molecule has 2 atom stereocenters. The van der Waals surface area contributed by atoms with Crippen LogP contribution in [0.25, 0.3) is 0 Å². The molecule has 3 aliphatic rings. The van der Waals surface area contributed by atoms with E-state index in [4.69, 9.17) is 14.2 Å². The van der Waals surface area contributed by atoms with Gasteiger partial charge in [-0.2, -0.15) is 0 Å². The van der Waals surface area contributed by atoms with Gasteiger partial charge in [-0.1, -0.05) is 12.8 Å². The number of hydrogen-bond acceptors (Lipinski definition) is 7. The van der Waals surface area contributed by atoms with E-state index < -0.39 is 23.2 Å². The van der Waals surface area contributed by atoms with Crippen LogP contribution in [0, 0.1) is 16.0 Å². The van der Waals surface area contributed by atoms with E-state index in [0.29, 0.717) is 12.5 Å². The van der Waals surface area contributed by atoms with Gasteiger partial charge in [-0.25, -0.2) is 4.79 Å². The lowest BCUT2D eigenvalue weighted by molar-refractivity contribution is -0.385. The molecule has 1 saturated carbocycles. The lowest BCUT2D eigenvalue weighted by atomic mass is 9.78. The number of likely N-dealkylation sites (tertiary alicyclic amines) is 1. The summed E-state index contributed by atoms with van der Waals surface area (Å²) >= 11 is 0. The van der Waals surface area contributed by atoms with Crippen molar-refractivity contribution >= 4 is 17.6 Å². The van der Waals surface area contributed by atoms with Crippen molar-refractivity contribution in [3.8, 4) is 11.5 Å². The van der Waals surface area contributed by atoms with E-state index in [-0.39, 0.29) is 42.2 Å². The summed E-state index contributed by atoms with van der Waals surface area (Å²) in [5, 5.41) is 11.4. The van der Waals surface area contributed by atoms with E-state index in [1.807, 2.05) is 4.90 Å². The molecule has 0 spiro atoms.